The summed E-state index contributed by atoms with van der Waals surface area (Å²) in [5, 5.41) is 0. The molecule has 2 saturated carbocycles. The highest BCUT2D eigenvalue weighted by Gasteiger charge is 2.46. The Balaban J connectivity index is 1.33. The van der Waals surface area contributed by atoms with Crippen LogP contribution in [0.3, 0.4) is 0 Å². The van der Waals surface area contributed by atoms with Gasteiger partial charge >= 0.3 is 11.9 Å². The summed E-state index contributed by atoms with van der Waals surface area (Å²) in [6, 6.07) is 0. The van der Waals surface area contributed by atoms with Crippen LogP contribution in [0.15, 0.2) is 12.2 Å². The Labute approximate surface area is 137 Å². The molecule has 128 valence electrons. The molecule has 0 aromatic heterocycles. The van der Waals surface area contributed by atoms with E-state index in [1.54, 1.807) is 6.92 Å². The number of hydrogen-bond donors (Lipinski definition) is 0. The molecule has 0 radical (unpaired) electrons. The van der Waals surface area contributed by atoms with Gasteiger partial charge in [-0.25, -0.2) is 4.79 Å². The van der Waals surface area contributed by atoms with E-state index in [1.165, 1.54) is 0 Å². The van der Waals surface area contributed by atoms with Gasteiger partial charge in [0.15, 0.2) is 0 Å². The molecule has 0 aromatic rings. The van der Waals surface area contributed by atoms with Crippen molar-refractivity contribution in [3.8, 4) is 0 Å². The SMILES string of the molecule is C=C(C)C(=O)OC1CCC(COC(=O)C2CCC3OC3C2)CC1. The maximum Gasteiger partial charge on any atom is 0.333 e. The summed E-state index contributed by atoms with van der Waals surface area (Å²) in [7, 11) is 0. The van der Waals surface area contributed by atoms with Crippen LogP contribution in [-0.2, 0) is 23.8 Å². The highest BCUT2D eigenvalue weighted by atomic mass is 16.6. The maximum absolute atomic E-state index is 12.1. The molecule has 5 heteroatoms. The van der Waals surface area contributed by atoms with Crippen molar-refractivity contribution in [1.29, 1.82) is 0 Å². The zero-order chi connectivity index (χ0) is 16.4. The fraction of sp³-hybridized carbons (Fsp3) is 0.778. The van der Waals surface area contributed by atoms with Gasteiger partial charge in [0.2, 0.25) is 0 Å². The number of esters is 2. The van der Waals surface area contributed by atoms with E-state index in [0.717, 1.165) is 44.9 Å². The molecule has 0 amide bonds. The summed E-state index contributed by atoms with van der Waals surface area (Å²) in [5.41, 5.74) is 0.440. The first-order valence-electron chi connectivity index (χ1n) is 8.71. The molecule has 3 fully saturated rings. The minimum absolute atomic E-state index is 0.0200. The molecule has 1 aliphatic heterocycles. The van der Waals surface area contributed by atoms with Gasteiger partial charge in [0.1, 0.15) is 6.10 Å². The fourth-order valence-corrected chi connectivity index (χ4v) is 3.60. The third kappa shape index (κ3) is 4.34. The van der Waals surface area contributed by atoms with Crippen molar-refractivity contribution in [2.75, 3.05) is 6.61 Å². The summed E-state index contributed by atoms with van der Waals surface area (Å²) >= 11 is 0. The van der Waals surface area contributed by atoms with Gasteiger partial charge in [0, 0.05) is 5.57 Å². The molecule has 0 bridgehead atoms. The molecular formula is C18H26O5. The van der Waals surface area contributed by atoms with Crippen LogP contribution in [0, 0.1) is 11.8 Å². The average Bonchev–Trinajstić information content (AvgIpc) is 3.32. The third-order valence-corrected chi connectivity index (χ3v) is 5.21. The van der Waals surface area contributed by atoms with E-state index in [-0.39, 0.29) is 24.0 Å². The summed E-state index contributed by atoms with van der Waals surface area (Å²) in [6.45, 7) is 5.75. The Morgan fingerprint density at radius 1 is 1.09 bits per heavy atom. The van der Waals surface area contributed by atoms with Crippen LogP contribution in [0.4, 0.5) is 0 Å². The van der Waals surface area contributed by atoms with Gasteiger partial charge in [-0.1, -0.05) is 6.58 Å². The van der Waals surface area contributed by atoms with Crippen LogP contribution in [-0.4, -0.2) is 36.9 Å². The second kappa shape index (κ2) is 7.04. The normalized spacial score (nSPS) is 35.8. The third-order valence-electron chi connectivity index (χ3n) is 5.21. The molecule has 23 heavy (non-hydrogen) atoms. The number of hydrogen-bond acceptors (Lipinski definition) is 5. The van der Waals surface area contributed by atoms with Gasteiger partial charge in [0.05, 0.1) is 24.7 Å². The van der Waals surface area contributed by atoms with Crippen molar-refractivity contribution in [1.82, 2.24) is 0 Å². The first-order valence-corrected chi connectivity index (χ1v) is 8.71. The molecule has 5 nitrogen and oxygen atoms in total. The smallest absolute Gasteiger partial charge is 0.333 e. The lowest BCUT2D eigenvalue weighted by Gasteiger charge is -2.28. The second-order valence-corrected chi connectivity index (χ2v) is 7.18. The van der Waals surface area contributed by atoms with E-state index in [1.807, 2.05) is 0 Å². The van der Waals surface area contributed by atoms with E-state index < -0.39 is 0 Å². The molecule has 0 aromatic carbocycles. The molecule has 2 aliphatic carbocycles. The number of fused-ring (bicyclic) bond motifs is 1. The standard InChI is InChI=1S/C18H26O5/c1-11(2)17(19)22-14-6-3-12(4-7-14)10-21-18(20)13-5-8-15-16(9-13)23-15/h12-16H,1,3-10H2,2H3. The Kier molecular flexibility index (Phi) is 5.05. The molecule has 3 atom stereocenters. The highest BCUT2D eigenvalue weighted by Crippen LogP contribution is 2.40. The Morgan fingerprint density at radius 3 is 2.48 bits per heavy atom. The van der Waals surface area contributed by atoms with Gasteiger partial charge in [-0.05, 0) is 57.8 Å². The molecular weight excluding hydrogens is 296 g/mol. The number of ether oxygens (including phenoxy) is 3. The first kappa shape index (κ1) is 16.5. The van der Waals surface area contributed by atoms with E-state index in [0.29, 0.717) is 30.3 Å². The van der Waals surface area contributed by atoms with E-state index in [4.69, 9.17) is 14.2 Å². The summed E-state index contributed by atoms with van der Waals surface area (Å²) in [5.74, 6) is 0.0337. The van der Waals surface area contributed by atoms with Crippen LogP contribution in [0.5, 0.6) is 0 Å². The first-order chi connectivity index (χ1) is 11.0. The molecule has 1 heterocycles. The van der Waals surface area contributed by atoms with Crippen molar-refractivity contribution in [3.05, 3.63) is 12.2 Å². The lowest BCUT2D eigenvalue weighted by molar-refractivity contribution is -0.152. The summed E-state index contributed by atoms with van der Waals surface area (Å²) < 4.78 is 16.4. The van der Waals surface area contributed by atoms with E-state index in [9.17, 15) is 9.59 Å². The minimum atomic E-state index is -0.308. The van der Waals surface area contributed by atoms with Crippen LogP contribution in [0.25, 0.3) is 0 Å². The number of rotatable bonds is 5. The lowest BCUT2D eigenvalue weighted by atomic mass is 9.87. The Bertz CT molecular complexity index is 478. The van der Waals surface area contributed by atoms with Crippen LogP contribution in [0.1, 0.15) is 51.9 Å². The van der Waals surface area contributed by atoms with Crippen molar-refractivity contribution >= 4 is 11.9 Å². The number of epoxide rings is 1. The van der Waals surface area contributed by atoms with Crippen LogP contribution in [0.2, 0.25) is 0 Å². The van der Waals surface area contributed by atoms with Crippen molar-refractivity contribution < 1.29 is 23.8 Å². The zero-order valence-corrected chi connectivity index (χ0v) is 13.8. The topological polar surface area (TPSA) is 65.1 Å². The predicted octanol–water partition coefficient (Wildman–Crippen LogP) is 2.78. The lowest BCUT2D eigenvalue weighted by Crippen LogP contribution is -2.29. The Hall–Kier alpha value is -1.36. The zero-order valence-electron chi connectivity index (χ0n) is 13.8. The van der Waals surface area contributed by atoms with E-state index >= 15 is 0 Å². The average molecular weight is 322 g/mol. The van der Waals surface area contributed by atoms with Gasteiger partial charge in [-0.15, -0.1) is 0 Å². The summed E-state index contributed by atoms with van der Waals surface area (Å²) in [6.07, 6.45) is 6.94. The van der Waals surface area contributed by atoms with Crippen LogP contribution < -0.4 is 0 Å². The second-order valence-electron chi connectivity index (χ2n) is 7.18. The van der Waals surface area contributed by atoms with E-state index in [2.05, 4.69) is 6.58 Å². The quantitative estimate of drug-likeness (QED) is 0.442. The molecule has 3 aliphatic rings. The van der Waals surface area contributed by atoms with Crippen molar-refractivity contribution in [3.63, 3.8) is 0 Å². The van der Waals surface area contributed by atoms with Crippen molar-refractivity contribution in [2.24, 2.45) is 11.8 Å². The largest absolute Gasteiger partial charge is 0.465 e. The fourth-order valence-electron chi connectivity index (χ4n) is 3.60. The van der Waals surface area contributed by atoms with Crippen LogP contribution >= 0.6 is 0 Å². The van der Waals surface area contributed by atoms with Gasteiger partial charge < -0.3 is 14.2 Å². The van der Waals surface area contributed by atoms with Gasteiger partial charge in [-0.2, -0.15) is 0 Å². The minimum Gasteiger partial charge on any atom is -0.465 e. The van der Waals surface area contributed by atoms with Gasteiger partial charge in [0.25, 0.3) is 0 Å². The monoisotopic (exact) mass is 322 g/mol. The molecule has 0 spiro atoms. The molecule has 1 saturated heterocycles. The predicted molar refractivity (Wildman–Crippen MR) is 83.6 cm³/mol. The van der Waals surface area contributed by atoms with Gasteiger partial charge in [-0.3, -0.25) is 4.79 Å². The van der Waals surface area contributed by atoms with Crippen molar-refractivity contribution in [2.45, 2.75) is 70.2 Å². The highest BCUT2D eigenvalue weighted by molar-refractivity contribution is 5.87. The Morgan fingerprint density at radius 2 is 1.83 bits per heavy atom. The molecule has 0 N–H and O–H groups in total. The molecule has 3 unspecified atom stereocenters. The number of carbonyl (C=O) groups is 2. The summed E-state index contributed by atoms with van der Waals surface area (Å²) in [4.78, 5) is 23.6. The molecule has 3 rings (SSSR count). The number of carbonyl (C=O) groups excluding carboxylic acids is 2. The maximum atomic E-state index is 12.1.